The lowest BCUT2D eigenvalue weighted by atomic mass is 9.44. The van der Waals surface area contributed by atoms with E-state index in [2.05, 4.69) is 24.1 Å². The van der Waals surface area contributed by atoms with Crippen molar-refractivity contribution in [3.05, 3.63) is 0 Å². The van der Waals surface area contributed by atoms with Gasteiger partial charge in [-0.05, 0) is 62.7 Å². The van der Waals surface area contributed by atoms with E-state index >= 15 is 0 Å². The van der Waals surface area contributed by atoms with E-state index in [1.807, 2.05) is 6.92 Å². The fourth-order valence-corrected chi connectivity index (χ4v) is 5.54. The quantitative estimate of drug-likeness (QED) is 0.612. The van der Waals surface area contributed by atoms with Crippen LogP contribution in [0.4, 0.5) is 0 Å². The molecule has 0 aromatic heterocycles. The highest BCUT2D eigenvalue weighted by Gasteiger charge is 2.58. The maximum atomic E-state index is 12.6. The molecule has 104 valence electrons. The maximum absolute atomic E-state index is 12.6. The Balaban J connectivity index is 1.69. The van der Waals surface area contributed by atoms with Gasteiger partial charge >= 0.3 is 0 Å². The van der Waals surface area contributed by atoms with Gasteiger partial charge in [-0.3, -0.25) is 4.79 Å². The van der Waals surface area contributed by atoms with Gasteiger partial charge in [-0.15, -0.1) is 11.8 Å². The fraction of sp³-hybridized carbons (Fsp3) is 0.824. The minimum absolute atomic E-state index is 0.0293. The van der Waals surface area contributed by atoms with E-state index in [4.69, 9.17) is 0 Å². The molecule has 2 nitrogen and oxygen atoms in total. The number of nitrogens with one attached hydrogen (secondary N) is 1. The molecule has 0 aromatic carbocycles. The third kappa shape index (κ3) is 2.29. The van der Waals surface area contributed by atoms with Crippen molar-refractivity contribution in [2.75, 3.05) is 6.54 Å². The highest BCUT2D eigenvalue weighted by molar-refractivity contribution is 5.83. The van der Waals surface area contributed by atoms with Crippen molar-refractivity contribution in [1.29, 1.82) is 0 Å². The lowest BCUT2D eigenvalue weighted by Crippen LogP contribution is -2.56. The lowest BCUT2D eigenvalue weighted by molar-refractivity contribution is -0.155. The summed E-state index contributed by atoms with van der Waals surface area (Å²) in [5, 5.41) is 3.15. The molecule has 4 rings (SSSR count). The van der Waals surface area contributed by atoms with Gasteiger partial charge in [0.1, 0.15) is 0 Å². The summed E-state index contributed by atoms with van der Waals surface area (Å²) in [5.41, 5.74) is 0.420. The molecule has 1 N–H and O–H groups in total. The minimum atomic E-state index is -0.0293. The molecule has 0 radical (unpaired) electrons. The SMILES string of the molecule is CC#CCCNC(=O)C12CC3CC(CC(C)(C3)C1)C2. The van der Waals surface area contributed by atoms with Crippen LogP contribution in [0.2, 0.25) is 0 Å². The maximum Gasteiger partial charge on any atom is 0.226 e. The third-order valence-corrected chi connectivity index (χ3v) is 5.55. The van der Waals surface area contributed by atoms with Gasteiger partial charge < -0.3 is 5.32 Å². The zero-order valence-corrected chi connectivity index (χ0v) is 12.2. The van der Waals surface area contributed by atoms with Gasteiger partial charge in [-0.1, -0.05) is 6.92 Å². The van der Waals surface area contributed by atoms with Crippen LogP contribution < -0.4 is 5.32 Å². The Morgan fingerprint density at radius 3 is 2.53 bits per heavy atom. The van der Waals surface area contributed by atoms with E-state index in [0.717, 1.165) is 37.5 Å². The van der Waals surface area contributed by atoms with E-state index in [9.17, 15) is 4.79 Å². The molecular formula is C17H25NO. The Morgan fingerprint density at radius 2 is 1.95 bits per heavy atom. The Morgan fingerprint density at radius 1 is 1.26 bits per heavy atom. The molecule has 2 atom stereocenters. The monoisotopic (exact) mass is 259 g/mol. The first-order valence-electron chi connectivity index (χ1n) is 7.73. The number of carbonyl (C=O) groups is 1. The van der Waals surface area contributed by atoms with E-state index in [0.29, 0.717) is 17.9 Å². The number of amides is 1. The van der Waals surface area contributed by atoms with Crippen molar-refractivity contribution >= 4 is 5.91 Å². The van der Waals surface area contributed by atoms with Crippen LogP contribution in [0.25, 0.3) is 0 Å². The first-order chi connectivity index (χ1) is 9.05. The second-order valence-corrected chi connectivity index (χ2v) is 7.48. The van der Waals surface area contributed by atoms with Crippen LogP contribution in [-0.4, -0.2) is 12.5 Å². The van der Waals surface area contributed by atoms with Crippen molar-refractivity contribution in [3.8, 4) is 11.8 Å². The Bertz CT molecular complexity index is 428. The zero-order valence-electron chi connectivity index (χ0n) is 12.2. The predicted octanol–water partition coefficient (Wildman–Crippen LogP) is 3.12. The summed E-state index contributed by atoms with van der Waals surface area (Å²) in [5.74, 6) is 7.85. The summed E-state index contributed by atoms with van der Waals surface area (Å²) in [6.07, 6.45) is 8.29. The molecule has 1 amide bonds. The molecule has 0 aromatic rings. The number of carbonyl (C=O) groups excluding carboxylic acids is 1. The Kier molecular flexibility index (Phi) is 3.12. The average Bonchev–Trinajstić information content (AvgIpc) is 2.31. The average molecular weight is 259 g/mol. The van der Waals surface area contributed by atoms with Crippen LogP contribution in [-0.2, 0) is 4.79 Å². The van der Waals surface area contributed by atoms with Crippen molar-refractivity contribution in [1.82, 2.24) is 5.32 Å². The van der Waals surface area contributed by atoms with Crippen LogP contribution in [0.15, 0.2) is 0 Å². The molecule has 0 spiro atoms. The van der Waals surface area contributed by atoms with Gasteiger partial charge in [-0.25, -0.2) is 0 Å². The van der Waals surface area contributed by atoms with Gasteiger partial charge in [0, 0.05) is 13.0 Å². The van der Waals surface area contributed by atoms with Crippen molar-refractivity contribution in [2.24, 2.45) is 22.7 Å². The molecule has 0 saturated heterocycles. The lowest BCUT2D eigenvalue weighted by Gasteiger charge is -2.60. The largest absolute Gasteiger partial charge is 0.355 e. The van der Waals surface area contributed by atoms with Crippen LogP contribution in [0, 0.1) is 34.5 Å². The standard InChI is InChI=1S/C17H25NO/c1-3-4-5-6-18-15(19)17-10-13-7-14(11-17)9-16(2,8-13)12-17/h13-14H,5-12H2,1-2H3,(H,18,19). The topological polar surface area (TPSA) is 29.1 Å². The van der Waals surface area contributed by atoms with Gasteiger partial charge in [-0.2, -0.15) is 0 Å². The fourth-order valence-electron chi connectivity index (χ4n) is 5.54. The number of hydrogen-bond donors (Lipinski definition) is 1. The molecule has 4 aliphatic carbocycles. The van der Waals surface area contributed by atoms with Gasteiger partial charge in [0.2, 0.25) is 5.91 Å². The van der Waals surface area contributed by atoms with Crippen LogP contribution >= 0.6 is 0 Å². The molecule has 2 heteroatoms. The van der Waals surface area contributed by atoms with E-state index < -0.39 is 0 Å². The first-order valence-corrected chi connectivity index (χ1v) is 7.73. The van der Waals surface area contributed by atoms with E-state index in [-0.39, 0.29) is 5.41 Å². The molecule has 4 aliphatic rings. The van der Waals surface area contributed by atoms with Gasteiger partial charge in [0.05, 0.1) is 5.41 Å². The molecule has 4 bridgehead atoms. The molecule has 0 aliphatic heterocycles. The normalized spacial score (nSPS) is 42.6. The molecule has 19 heavy (non-hydrogen) atoms. The summed E-state index contributed by atoms with van der Waals surface area (Å²) < 4.78 is 0. The molecule has 0 heterocycles. The second-order valence-electron chi connectivity index (χ2n) is 7.48. The zero-order chi connectivity index (χ0) is 13.5. The van der Waals surface area contributed by atoms with E-state index in [1.54, 1.807) is 0 Å². The van der Waals surface area contributed by atoms with Gasteiger partial charge in [0.25, 0.3) is 0 Å². The Labute approximate surface area is 116 Å². The minimum Gasteiger partial charge on any atom is -0.355 e. The predicted molar refractivity (Wildman–Crippen MR) is 76.3 cm³/mol. The number of hydrogen-bond acceptors (Lipinski definition) is 1. The van der Waals surface area contributed by atoms with Crippen LogP contribution in [0.5, 0.6) is 0 Å². The van der Waals surface area contributed by atoms with Crippen molar-refractivity contribution < 1.29 is 4.79 Å². The third-order valence-electron chi connectivity index (χ3n) is 5.55. The highest BCUT2D eigenvalue weighted by atomic mass is 16.2. The summed E-state index contributed by atoms with van der Waals surface area (Å²) in [4.78, 5) is 12.6. The molecule has 4 saturated carbocycles. The van der Waals surface area contributed by atoms with Crippen molar-refractivity contribution in [2.45, 2.75) is 58.8 Å². The summed E-state index contributed by atoms with van der Waals surface area (Å²) in [6.45, 7) is 4.98. The summed E-state index contributed by atoms with van der Waals surface area (Å²) >= 11 is 0. The van der Waals surface area contributed by atoms with Crippen LogP contribution in [0.3, 0.4) is 0 Å². The highest BCUT2D eigenvalue weighted by Crippen LogP contribution is 2.65. The van der Waals surface area contributed by atoms with Crippen LogP contribution in [0.1, 0.15) is 58.8 Å². The molecule has 4 fully saturated rings. The second kappa shape index (κ2) is 4.54. The Hall–Kier alpha value is -0.970. The van der Waals surface area contributed by atoms with Gasteiger partial charge in [0.15, 0.2) is 0 Å². The molecular weight excluding hydrogens is 234 g/mol. The van der Waals surface area contributed by atoms with E-state index in [1.165, 1.54) is 19.3 Å². The van der Waals surface area contributed by atoms with Crippen molar-refractivity contribution in [3.63, 3.8) is 0 Å². The summed E-state index contributed by atoms with van der Waals surface area (Å²) in [6, 6.07) is 0. The summed E-state index contributed by atoms with van der Waals surface area (Å²) in [7, 11) is 0. The number of rotatable bonds is 3. The molecule has 2 unspecified atom stereocenters. The smallest absolute Gasteiger partial charge is 0.226 e. The first kappa shape index (κ1) is 13.0.